The number of benzene rings is 1. The van der Waals surface area contributed by atoms with Crippen molar-refractivity contribution in [3.63, 3.8) is 0 Å². The summed E-state index contributed by atoms with van der Waals surface area (Å²) >= 11 is 8.85. The van der Waals surface area contributed by atoms with E-state index in [-0.39, 0.29) is 11.7 Å². The molecule has 3 aromatic rings. The smallest absolute Gasteiger partial charge is 0.233 e. The summed E-state index contributed by atoms with van der Waals surface area (Å²) in [7, 11) is 1.91. The van der Waals surface area contributed by atoms with Crippen molar-refractivity contribution in [2.75, 3.05) is 12.3 Å². The second-order valence-corrected chi connectivity index (χ2v) is 8.53. The van der Waals surface area contributed by atoms with Crippen LogP contribution in [0.4, 0.5) is 0 Å². The van der Waals surface area contributed by atoms with Gasteiger partial charge in [0.2, 0.25) is 5.91 Å². The first-order valence-corrected chi connectivity index (χ1v) is 10.5. The van der Waals surface area contributed by atoms with Crippen LogP contribution in [0.3, 0.4) is 0 Å². The molecule has 2 aromatic heterocycles. The standard InChI is InChI=1S/C19H19ClN4OS2/c1-3-11-24(12-15-9-10-16(20)27-15)17(25)13-26-19-22-21-18(23(19)2)14-7-5-4-6-8-14/h3-10H,1,11-13H2,2H3. The molecule has 1 aromatic carbocycles. The Morgan fingerprint density at radius 3 is 2.74 bits per heavy atom. The van der Waals surface area contributed by atoms with Gasteiger partial charge in [0.25, 0.3) is 0 Å². The number of hydrogen-bond donors (Lipinski definition) is 0. The normalized spacial score (nSPS) is 10.7. The van der Waals surface area contributed by atoms with Crippen LogP contribution in [0, 0.1) is 0 Å². The van der Waals surface area contributed by atoms with Gasteiger partial charge < -0.3 is 9.47 Å². The Labute approximate surface area is 171 Å². The number of aromatic nitrogens is 3. The van der Waals surface area contributed by atoms with E-state index in [9.17, 15) is 4.79 Å². The Hall–Kier alpha value is -2.09. The minimum Gasteiger partial charge on any atom is -0.333 e. The van der Waals surface area contributed by atoms with Crippen molar-refractivity contribution in [3.8, 4) is 11.4 Å². The van der Waals surface area contributed by atoms with Gasteiger partial charge in [0, 0.05) is 24.0 Å². The number of rotatable bonds is 8. The maximum absolute atomic E-state index is 12.7. The number of hydrogen-bond acceptors (Lipinski definition) is 5. The lowest BCUT2D eigenvalue weighted by atomic mass is 10.2. The number of halogens is 1. The molecule has 8 heteroatoms. The second kappa shape index (κ2) is 9.21. The Kier molecular flexibility index (Phi) is 6.71. The van der Waals surface area contributed by atoms with E-state index in [0.29, 0.717) is 18.2 Å². The van der Waals surface area contributed by atoms with Gasteiger partial charge in [-0.15, -0.1) is 28.1 Å². The Balaban J connectivity index is 1.65. The third kappa shape index (κ3) is 5.00. The van der Waals surface area contributed by atoms with E-state index in [4.69, 9.17) is 11.6 Å². The van der Waals surface area contributed by atoms with Crippen LogP contribution in [-0.2, 0) is 18.4 Å². The molecule has 5 nitrogen and oxygen atoms in total. The zero-order valence-corrected chi connectivity index (χ0v) is 17.2. The highest BCUT2D eigenvalue weighted by molar-refractivity contribution is 7.99. The molecular weight excluding hydrogens is 400 g/mol. The lowest BCUT2D eigenvalue weighted by Gasteiger charge is -2.20. The average molecular weight is 419 g/mol. The molecule has 2 heterocycles. The number of amides is 1. The van der Waals surface area contributed by atoms with Crippen molar-refractivity contribution in [1.82, 2.24) is 19.7 Å². The summed E-state index contributed by atoms with van der Waals surface area (Å²) in [6.07, 6.45) is 1.73. The first-order valence-electron chi connectivity index (χ1n) is 8.29. The SMILES string of the molecule is C=CCN(Cc1ccc(Cl)s1)C(=O)CSc1nnc(-c2ccccc2)n1C. The van der Waals surface area contributed by atoms with Gasteiger partial charge in [-0.25, -0.2) is 0 Å². The Morgan fingerprint density at radius 2 is 2.07 bits per heavy atom. The molecule has 0 N–H and O–H groups in total. The average Bonchev–Trinajstić information content (AvgIpc) is 3.25. The highest BCUT2D eigenvalue weighted by atomic mass is 35.5. The summed E-state index contributed by atoms with van der Waals surface area (Å²) in [5.74, 6) is 1.09. The van der Waals surface area contributed by atoms with E-state index in [1.54, 1.807) is 11.0 Å². The van der Waals surface area contributed by atoms with Gasteiger partial charge in [-0.1, -0.05) is 59.8 Å². The third-order valence-corrected chi connectivity index (χ3v) is 6.09. The molecule has 0 unspecified atom stereocenters. The van der Waals surface area contributed by atoms with E-state index in [1.165, 1.54) is 23.1 Å². The quantitative estimate of drug-likeness (QED) is 0.399. The number of carbonyl (C=O) groups is 1. The van der Waals surface area contributed by atoms with Crippen LogP contribution in [0.2, 0.25) is 4.34 Å². The summed E-state index contributed by atoms with van der Waals surface area (Å²) in [6.45, 7) is 4.76. The molecule has 0 radical (unpaired) electrons. The fourth-order valence-corrected chi connectivity index (χ4v) is 4.45. The van der Waals surface area contributed by atoms with Crippen molar-refractivity contribution in [3.05, 3.63) is 64.3 Å². The topological polar surface area (TPSA) is 51.0 Å². The predicted molar refractivity (Wildman–Crippen MR) is 112 cm³/mol. The number of carbonyl (C=O) groups excluding carboxylic acids is 1. The van der Waals surface area contributed by atoms with Crippen molar-refractivity contribution >= 4 is 40.6 Å². The lowest BCUT2D eigenvalue weighted by molar-refractivity contribution is -0.128. The molecule has 0 aliphatic carbocycles. The molecule has 0 bridgehead atoms. The largest absolute Gasteiger partial charge is 0.333 e. The fraction of sp³-hybridized carbons (Fsp3) is 0.211. The lowest BCUT2D eigenvalue weighted by Crippen LogP contribution is -2.31. The highest BCUT2D eigenvalue weighted by Crippen LogP contribution is 2.25. The molecule has 0 fully saturated rings. The molecule has 0 saturated carbocycles. The van der Waals surface area contributed by atoms with E-state index >= 15 is 0 Å². The van der Waals surface area contributed by atoms with Gasteiger partial charge >= 0.3 is 0 Å². The van der Waals surface area contributed by atoms with Crippen LogP contribution in [0.1, 0.15) is 4.88 Å². The van der Waals surface area contributed by atoms with Gasteiger partial charge in [0.05, 0.1) is 16.6 Å². The zero-order valence-electron chi connectivity index (χ0n) is 14.8. The van der Waals surface area contributed by atoms with Crippen LogP contribution in [0.15, 0.2) is 60.3 Å². The van der Waals surface area contributed by atoms with Gasteiger partial charge in [0.1, 0.15) is 0 Å². The molecule has 27 heavy (non-hydrogen) atoms. The molecule has 0 spiro atoms. The van der Waals surface area contributed by atoms with Crippen molar-refractivity contribution in [2.24, 2.45) is 7.05 Å². The molecular formula is C19H19ClN4OS2. The van der Waals surface area contributed by atoms with Crippen molar-refractivity contribution in [1.29, 1.82) is 0 Å². The zero-order chi connectivity index (χ0) is 19.2. The minimum atomic E-state index is 0.0219. The monoisotopic (exact) mass is 418 g/mol. The number of thiophene rings is 1. The molecule has 0 aliphatic rings. The molecule has 0 aliphatic heterocycles. The van der Waals surface area contributed by atoms with Crippen LogP contribution < -0.4 is 0 Å². The van der Waals surface area contributed by atoms with Crippen molar-refractivity contribution < 1.29 is 4.79 Å². The van der Waals surface area contributed by atoms with Crippen LogP contribution in [-0.4, -0.2) is 37.9 Å². The predicted octanol–water partition coefficient (Wildman–Crippen LogP) is 4.50. The Morgan fingerprint density at radius 1 is 1.30 bits per heavy atom. The molecule has 140 valence electrons. The van der Waals surface area contributed by atoms with Gasteiger partial charge in [-0.3, -0.25) is 4.79 Å². The van der Waals surface area contributed by atoms with E-state index in [1.807, 2.05) is 54.1 Å². The van der Waals surface area contributed by atoms with Crippen LogP contribution in [0.5, 0.6) is 0 Å². The highest BCUT2D eigenvalue weighted by Gasteiger charge is 2.17. The first-order chi connectivity index (χ1) is 13.1. The number of nitrogens with zero attached hydrogens (tertiary/aromatic N) is 4. The first kappa shape index (κ1) is 19.7. The van der Waals surface area contributed by atoms with E-state index in [2.05, 4.69) is 16.8 Å². The summed E-state index contributed by atoms with van der Waals surface area (Å²) in [5.41, 5.74) is 0.994. The van der Waals surface area contributed by atoms with Crippen LogP contribution in [0.25, 0.3) is 11.4 Å². The van der Waals surface area contributed by atoms with Crippen LogP contribution >= 0.6 is 34.7 Å². The molecule has 0 saturated heterocycles. The Bertz CT molecular complexity index is 923. The molecule has 0 atom stereocenters. The van der Waals surface area contributed by atoms with E-state index < -0.39 is 0 Å². The summed E-state index contributed by atoms with van der Waals surface area (Å²) in [4.78, 5) is 15.5. The van der Waals surface area contributed by atoms with Gasteiger partial charge in [-0.05, 0) is 12.1 Å². The minimum absolute atomic E-state index is 0.0219. The molecule has 1 amide bonds. The van der Waals surface area contributed by atoms with Gasteiger partial charge in [-0.2, -0.15) is 0 Å². The summed E-state index contributed by atoms with van der Waals surface area (Å²) in [6, 6.07) is 13.6. The third-order valence-electron chi connectivity index (χ3n) is 3.87. The molecule has 3 rings (SSSR count). The second-order valence-electron chi connectivity index (χ2n) is 5.79. The van der Waals surface area contributed by atoms with Crippen molar-refractivity contribution in [2.45, 2.75) is 11.7 Å². The maximum atomic E-state index is 12.7. The summed E-state index contributed by atoms with van der Waals surface area (Å²) < 4.78 is 2.63. The van der Waals surface area contributed by atoms with E-state index in [0.717, 1.165) is 20.6 Å². The number of thioether (sulfide) groups is 1. The maximum Gasteiger partial charge on any atom is 0.233 e. The fourth-order valence-electron chi connectivity index (χ4n) is 2.53. The van der Waals surface area contributed by atoms with Gasteiger partial charge in [0.15, 0.2) is 11.0 Å². The summed E-state index contributed by atoms with van der Waals surface area (Å²) in [5, 5.41) is 9.19.